The van der Waals surface area contributed by atoms with Crippen molar-refractivity contribution in [2.24, 2.45) is 0 Å². The van der Waals surface area contributed by atoms with Crippen molar-refractivity contribution in [3.63, 3.8) is 0 Å². The molecule has 0 bridgehead atoms. The molecule has 0 aliphatic rings. The van der Waals surface area contributed by atoms with Crippen LogP contribution in [0.2, 0.25) is 0 Å². The van der Waals surface area contributed by atoms with Gasteiger partial charge < -0.3 is 14.3 Å². The molecular weight excluding hydrogens is 216 g/mol. The summed E-state index contributed by atoms with van der Waals surface area (Å²) in [6, 6.07) is 5.68. The first-order valence-corrected chi connectivity index (χ1v) is 5.52. The molecule has 0 radical (unpaired) electrons. The predicted octanol–water partition coefficient (Wildman–Crippen LogP) is 2.95. The maximum atomic E-state index is 10.7. The van der Waals surface area contributed by atoms with Gasteiger partial charge in [-0.25, -0.2) is 0 Å². The number of aldehydes is 1. The van der Waals surface area contributed by atoms with E-state index in [2.05, 4.69) is 6.58 Å². The third kappa shape index (κ3) is 3.63. The Bertz CT molecular complexity index is 353. The van der Waals surface area contributed by atoms with Crippen molar-refractivity contribution in [1.82, 2.24) is 0 Å². The highest BCUT2D eigenvalue weighted by Crippen LogP contribution is 2.30. The zero-order valence-electron chi connectivity index (χ0n) is 10.3. The van der Waals surface area contributed by atoms with E-state index in [1.165, 1.54) is 0 Å². The Kier molecular flexibility index (Phi) is 5.27. The van der Waals surface area contributed by atoms with Gasteiger partial charge in [-0.15, -0.1) is 6.58 Å². The molecule has 0 saturated heterocycles. The van der Waals surface area contributed by atoms with Crippen LogP contribution < -0.4 is 9.47 Å². The molecule has 17 heavy (non-hydrogen) atoms. The minimum atomic E-state index is 0.133. The quantitative estimate of drug-likeness (QED) is 0.537. The summed E-state index contributed by atoms with van der Waals surface area (Å²) in [7, 11) is 3.22. The Hall–Kier alpha value is -1.77. The fraction of sp³-hybridized carbons (Fsp3) is 0.357. The van der Waals surface area contributed by atoms with Crippen LogP contribution in [-0.4, -0.2) is 20.5 Å². The van der Waals surface area contributed by atoms with Crippen LogP contribution in [0.15, 0.2) is 30.9 Å². The van der Waals surface area contributed by atoms with Gasteiger partial charge in [0.25, 0.3) is 0 Å². The number of methoxy groups -OCH3 is 2. The Balaban J connectivity index is 3.06. The highest BCUT2D eigenvalue weighted by molar-refractivity contribution is 5.52. The molecular formula is C14H18O3. The van der Waals surface area contributed by atoms with Crippen LogP contribution in [0.1, 0.15) is 24.3 Å². The van der Waals surface area contributed by atoms with Gasteiger partial charge in [-0.1, -0.05) is 6.08 Å². The van der Waals surface area contributed by atoms with E-state index in [1.54, 1.807) is 14.2 Å². The summed E-state index contributed by atoms with van der Waals surface area (Å²) in [5.41, 5.74) is 1.04. The van der Waals surface area contributed by atoms with Gasteiger partial charge in [0.2, 0.25) is 0 Å². The summed E-state index contributed by atoms with van der Waals surface area (Å²) in [6.07, 6.45) is 3.98. The first-order valence-electron chi connectivity index (χ1n) is 5.52. The maximum Gasteiger partial charge on any atom is 0.122 e. The van der Waals surface area contributed by atoms with Gasteiger partial charge in [0.05, 0.1) is 14.2 Å². The van der Waals surface area contributed by atoms with Gasteiger partial charge in [-0.05, 0) is 30.0 Å². The van der Waals surface area contributed by atoms with Crippen molar-refractivity contribution in [2.45, 2.75) is 18.8 Å². The molecule has 0 fully saturated rings. The van der Waals surface area contributed by atoms with Gasteiger partial charge in [0, 0.05) is 12.5 Å². The summed E-state index contributed by atoms with van der Waals surface area (Å²) in [5, 5.41) is 0. The molecule has 1 rings (SSSR count). The van der Waals surface area contributed by atoms with E-state index < -0.39 is 0 Å². The molecule has 1 aromatic carbocycles. The minimum Gasteiger partial charge on any atom is -0.497 e. The second-order valence-electron chi connectivity index (χ2n) is 3.77. The third-order valence-corrected chi connectivity index (χ3v) is 2.68. The zero-order valence-corrected chi connectivity index (χ0v) is 10.3. The lowest BCUT2D eigenvalue weighted by Crippen LogP contribution is -2.00. The van der Waals surface area contributed by atoms with Crippen molar-refractivity contribution >= 4 is 6.29 Å². The van der Waals surface area contributed by atoms with Gasteiger partial charge in [0.15, 0.2) is 0 Å². The molecule has 3 heteroatoms. The van der Waals surface area contributed by atoms with Crippen molar-refractivity contribution in [1.29, 1.82) is 0 Å². The number of hydrogen-bond acceptors (Lipinski definition) is 3. The molecule has 1 aromatic rings. The second kappa shape index (κ2) is 6.74. The molecule has 1 atom stereocenters. The summed E-state index contributed by atoms with van der Waals surface area (Å²) in [6.45, 7) is 3.71. The lowest BCUT2D eigenvalue weighted by atomic mass is 9.93. The Morgan fingerprint density at radius 2 is 1.76 bits per heavy atom. The van der Waals surface area contributed by atoms with Crippen LogP contribution in [0.4, 0.5) is 0 Å². The topological polar surface area (TPSA) is 35.5 Å². The molecule has 1 unspecified atom stereocenters. The average molecular weight is 234 g/mol. The van der Waals surface area contributed by atoms with Crippen LogP contribution in [0.3, 0.4) is 0 Å². The Labute approximate surface area is 102 Å². The van der Waals surface area contributed by atoms with Crippen LogP contribution in [-0.2, 0) is 4.79 Å². The molecule has 0 aliphatic carbocycles. The normalized spacial score (nSPS) is 11.6. The van der Waals surface area contributed by atoms with Gasteiger partial charge in [-0.3, -0.25) is 0 Å². The standard InChI is InChI=1S/C14H18O3/c1-4-5-11(6-7-15)12-8-13(16-2)10-14(9-12)17-3/h4,7-11H,1,5-6H2,2-3H3. The summed E-state index contributed by atoms with van der Waals surface area (Å²) >= 11 is 0. The molecule has 0 aromatic heterocycles. The summed E-state index contributed by atoms with van der Waals surface area (Å²) in [4.78, 5) is 10.7. The Morgan fingerprint density at radius 3 is 2.18 bits per heavy atom. The summed E-state index contributed by atoms with van der Waals surface area (Å²) in [5.74, 6) is 1.60. The number of ether oxygens (including phenoxy) is 2. The fourth-order valence-electron chi connectivity index (χ4n) is 1.75. The monoisotopic (exact) mass is 234 g/mol. The van der Waals surface area contributed by atoms with Crippen molar-refractivity contribution < 1.29 is 14.3 Å². The van der Waals surface area contributed by atoms with Crippen LogP contribution >= 0.6 is 0 Å². The van der Waals surface area contributed by atoms with Crippen LogP contribution in [0.5, 0.6) is 11.5 Å². The largest absolute Gasteiger partial charge is 0.497 e. The number of carbonyl (C=O) groups excluding carboxylic acids is 1. The van der Waals surface area contributed by atoms with E-state index in [0.717, 1.165) is 29.8 Å². The Morgan fingerprint density at radius 1 is 1.18 bits per heavy atom. The van der Waals surface area contributed by atoms with Crippen LogP contribution in [0.25, 0.3) is 0 Å². The number of hydrogen-bond donors (Lipinski definition) is 0. The first-order chi connectivity index (χ1) is 8.24. The van der Waals surface area contributed by atoms with E-state index in [0.29, 0.717) is 6.42 Å². The molecule has 0 saturated carbocycles. The van der Waals surface area contributed by atoms with E-state index in [-0.39, 0.29) is 5.92 Å². The minimum absolute atomic E-state index is 0.133. The SMILES string of the molecule is C=CCC(CC=O)c1cc(OC)cc(OC)c1. The lowest BCUT2D eigenvalue weighted by Gasteiger charge is -2.15. The summed E-state index contributed by atoms with van der Waals surface area (Å²) < 4.78 is 10.4. The predicted molar refractivity (Wildman–Crippen MR) is 67.8 cm³/mol. The van der Waals surface area contributed by atoms with Gasteiger partial charge in [0.1, 0.15) is 17.8 Å². The average Bonchev–Trinajstić information content (AvgIpc) is 2.37. The van der Waals surface area contributed by atoms with Crippen LogP contribution in [0, 0.1) is 0 Å². The van der Waals surface area contributed by atoms with E-state index in [9.17, 15) is 4.79 Å². The number of rotatable bonds is 7. The van der Waals surface area contributed by atoms with Gasteiger partial charge >= 0.3 is 0 Å². The molecule has 92 valence electrons. The number of benzene rings is 1. The van der Waals surface area contributed by atoms with Crippen molar-refractivity contribution in [2.75, 3.05) is 14.2 Å². The zero-order chi connectivity index (χ0) is 12.7. The van der Waals surface area contributed by atoms with Crippen molar-refractivity contribution in [3.8, 4) is 11.5 Å². The fourth-order valence-corrected chi connectivity index (χ4v) is 1.75. The first kappa shape index (κ1) is 13.3. The number of carbonyl (C=O) groups is 1. The highest BCUT2D eigenvalue weighted by Gasteiger charge is 2.12. The maximum absolute atomic E-state index is 10.7. The molecule has 0 heterocycles. The second-order valence-corrected chi connectivity index (χ2v) is 3.77. The number of allylic oxidation sites excluding steroid dienone is 1. The smallest absolute Gasteiger partial charge is 0.122 e. The van der Waals surface area contributed by atoms with E-state index >= 15 is 0 Å². The lowest BCUT2D eigenvalue weighted by molar-refractivity contribution is -0.108. The van der Waals surface area contributed by atoms with E-state index in [4.69, 9.17) is 9.47 Å². The van der Waals surface area contributed by atoms with Crippen molar-refractivity contribution in [3.05, 3.63) is 36.4 Å². The molecule has 0 amide bonds. The third-order valence-electron chi connectivity index (χ3n) is 2.68. The molecule has 3 nitrogen and oxygen atoms in total. The molecule has 0 aliphatic heterocycles. The van der Waals surface area contributed by atoms with Gasteiger partial charge in [-0.2, -0.15) is 0 Å². The molecule has 0 N–H and O–H groups in total. The molecule has 0 spiro atoms. The van der Waals surface area contributed by atoms with E-state index in [1.807, 2.05) is 24.3 Å². The highest BCUT2D eigenvalue weighted by atomic mass is 16.5.